The van der Waals surface area contributed by atoms with Gasteiger partial charge in [0.2, 0.25) is 5.91 Å². The summed E-state index contributed by atoms with van der Waals surface area (Å²) < 4.78 is 45.0. The second kappa shape index (κ2) is 6.62. The van der Waals surface area contributed by atoms with Crippen molar-refractivity contribution < 1.29 is 22.5 Å². The largest absolute Gasteiger partial charge is 0.413 e. The first-order chi connectivity index (χ1) is 10.7. The normalized spacial score (nSPS) is 13.0. The summed E-state index contributed by atoms with van der Waals surface area (Å²) in [5.74, 6) is -0.226. The fourth-order valence-electron chi connectivity index (χ4n) is 2.20. The number of halogens is 4. The lowest BCUT2D eigenvalue weighted by molar-refractivity contribution is -0.188. The van der Waals surface area contributed by atoms with Crippen molar-refractivity contribution in [1.29, 1.82) is 0 Å². The van der Waals surface area contributed by atoms with Crippen LogP contribution in [0.5, 0.6) is 0 Å². The van der Waals surface area contributed by atoms with Crippen LogP contribution in [0, 0.1) is 6.92 Å². The number of carbonyl (C=O) groups excluding carboxylic acids is 1. The number of amides is 1. The summed E-state index contributed by atoms with van der Waals surface area (Å²) in [6, 6.07) is 4.68. The van der Waals surface area contributed by atoms with E-state index in [1.165, 1.54) is 30.3 Å². The maximum absolute atomic E-state index is 13.4. The van der Waals surface area contributed by atoms with Gasteiger partial charge in [0, 0.05) is 18.1 Å². The van der Waals surface area contributed by atoms with Crippen molar-refractivity contribution in [1.82, 2.24) is 10.1 Å². The molecule has 0 bridgehead atoms. The Kier molecular flexibility index (Phi) is 4.99. The van der Waals surface area contributed by atoms with Gasteiger partial charge in [-0.2, -0.15) is 13.2 Å². The SMILES string of the molecule is Cc1cc(CC(=O)N(C)[C@@H](c2ccc(Cl)cc2)C(F)(F)F)no1. The molecule has 0 aliphatic heterocycles. The molecule has 2 rings (SSSR count). The summed E-state index contributed by atoms with van der Waals surface area (Å²) in [5, 5.41) is 3.94. The topological polar surface area (TPSA) is 46.3 Å². The van der Waals surface area contributed by atoms with Crippen LogP contribution in [0.4, 0.5) is 13.2 Å². The molecule has 1 aromatic carbocycles. The second-order valence-electron chi connectivity index (χ2n) is 5.11. The molecule has 1 aromatic heterocycles. The van der Waals surface area contributed by atoms with Gasteiger partial charge < -0.3 is 9.42 Å². The fourth-order valence-corrected chi connectivity index (χ4v) is 2.33. The quantitative estimate of drug-likeness (QED) is 0.842. The summed E-state index contributed by atoms with van der Waals surface area (Å²) in [6.07, 6.45) is -4.88. The Balaban J connectivity index is 2.24. The van der Waals surface area contributed by atoms with E-state index in [9.17, 15) is 18.0 Å². The van der Waals surface area contributed by atoms with Crippen LogP contribution in [0.2, 0.25) is 5.02 Å². The molecule has 0 N–H and O–H groups in total. The number of aryl methyl sites for hydroxylation is 1. The minimum absolute atomic E-state index is 0.0610. The predicted molar refractivity (Wildman–Crippen MR) is 78.0 cm³/mol. The minimum Gasteiger partial charge on any atom is -0.361 e. The molecule has 23 heavy (non-hydrogen) atoms. The molecule has 1 heterocycles. The van der Waals surface area contributed by atoms with Crippen LogP contribution in [-0.2, 0) is 11.2 Å². The summed E-state index contributed by atoms with van der Waals surface area (Å²) in [5.41, 5.74) is 0.227. The zero-order valence-electron chi connectivity index (χ0n) is 12.4. The Morgan fingerprint density at radius 3 is 2.43 bits per heavy atom. The van der Waals surface area contributed by atoms with E-state index < -0.39 is 18.1 Å². The first-order valence-electron chi connectivity index (χ1n) is 6.68. The molecule has 124 valence electrons. The van der Waals surface area contributed by atoms with Crippen molar-refractivity contribution in [2.75, 3.05) is 7.05 Å². The Hall–Kier alpha value is -2.02. The van der Waals surface area contributed by atoms with Crippen molar-refractivity contribution in [3.63, 3.8) is 0 Å². The third kappa shape index (κ3) is 4.25. The third-order valence-electron chi connectivity index (χ3n) is 3.29. The number of nitrogens with zero attached hydrogens (tertiary/aromatic N) is 2. The maximum Gasteiger partial charge on any atom is 0.413 e. The first kappa shape index (κ1) is 17.3. The molecule has 2 aromatic rings. The molecule has 1 atom stereocenters. The number of aromatic nitrogens is 1. The van der Waals surface area contributed by atoms with Gasteiger partial charge in [0.05, 0.1) is 12.1 Å². The lowest BCUT2D eigenvalue weighted by Crippen LogP contribution is -2.40. The predicted octanol–water partition coefficient (Wildman–Crippen LogP) is 3.94. The smallest absolute Gasteiger partial charge is 0.361 e. The maximum atomic E-state index is 13.4. The van der Waals surface area contributed by atoms with Crippen LogP contribution < -0.4 is 0 Å². The van der Waals surface area contributed by atoms with Gasteiger partial charge in [-0.3, -0.25) is 4.79 Å². The Bertz CT molecular complexity index is 683. The van der Waals surface area contributed by atoms with Gasteiger partial charge in [0.1, 0.15) is 5.76 Å². The molecule has 1 amide bonds. The molecule has 0 saturated heterocycles. The average Bonchev–Trinajstić information content (AvgIpc) is 2.85. The summed E-state index contributed by atoms with van der Waals surface area (Å²) in [6.45, 7) is 1.64. The van der Waals surface area contributed by atoms with Gasteiger partial charge >= 0.3 is 6.18 Å². The zero-order chi connectivity index (χ0) is 17.2. The molecular weight excluding hydrogens is 333 g/mol. The van der Waals surface area contributed by atoms with E-state index in [2.05, 4.69) is 5.16 Å². The van der Waals surface area contributed by atoms with E-state index in [-0.39, 0.29) is 17.7 Å². The lowest BCUT2D eigenvalue weighted by Gasteiger charge is -2.30. The second-order valence-corrected chi connectivity index (χ2v) is 5.54. The van der Waals surface area contributed by atoms with Crippen LogP contribution in [0.3, 0.4) is 0 Å². The Morgan fingerprint density at radius 1 is 1.35 bits per heavy atom. The number of alkyl halides is 3. The standard InChI is InChI=1S/C15H14ClF3N2O2/c1-9-7-12(20-23-9)8-13(22)21(2)14(15(17,18)19)10-3-5-11(16)6-4-10/h3-7,14H,8H2,1-2H3/t14-/m0/s1. The van der Waals surface area contributed by atoms with Crippen LogP contribution in [-0.4, -0.2) is 29.2 Å². The highest BCUT2D eigenvalue weighted by atomic mass is 35.5. The van der Waals surface area contributed by atoms with Crippen molar-refractivity contribution in [3.05, 3.63) is 52.4 Å². The first-order valence-corrected chi connectivity index (χ1v) is 7.06. The van der Waals surface area contributed by atoms with Crippen LogP contribution in [0.1, 0.15) is 23.1 Å². The monoisotopic (exact) mass is 346 g/mol. The number of benzene rings is 1. The molecule has 0 unspecified atom stereocenters. The molecule has 0 aliphatic rings. The molecule has 0 fully saturated rings. The van der Waals surface area contributed by atoms with Crippen molar-refractivity contribution in [2.24, 2.45) is 0 Å². The van der Waals surface area contributed by atoms with E-state index in [1.54, 1.807) is 6.92 Å². The molecule has 0 aliphatic carbocycles. The van der Waals surface area contributed by atoms with E-state index in [0.717, 1.165) is 7.05 Å². The van der Waals surface area contributed by atoms with Gasteiger partial charge in [-0.05, 0) is 24.6 Å². The molecule has 4 nitrogen and oxygen atoms in total. The van der Waals surface area contributed by atoms with Crippen LogP contribution in [0.25, 0.3) is 0 Å². The highest BCUT2D eigenvalue weighted by Crippen LogP contribution is 2.37. The van der Waals surface area contributed by atoms with E-state index >= 15 is 0 Å². The van der Waals surface area contributed by atoms with E-state index in [4.69, 9.17) is 16.1 Å². The van der Waals surface area contributed by atoms with E-state index in [0.29, 0.717) is 15.7 Å². The fraction of sp³-hybridized carbons (Fsp3) is 0.333. The Morgan fingerprint density at radius 2 is 1.96 bits per heavy atom. The molecule has 8 heteroatoms. The number of hydrogen-bond donors (Lipinski definition) is 0. The average molecular weight is 347 g/mol. The van der Waals surface area contributed by atoms with Crippen molar-refractivity contribution in [3.8, 4) is 0 Å². The van der Waals surface area contributed by atoms with Gasteiger partial charge in [-0.1, -0.05) is 28.9 Å². The van der Waals surface area contributed by atoms with Gasteiger partial charge in [0.25, 0.3) is 0 Å². The molecule has 0 saturated carbocycles. The molecule has 0 radical (unpaired) electrons. The van der Waals surface area contributed by atoms with Crippen molar-refractivity contribution >= 4 is 17.5 Å². The van der Waals surface area contributed by atoms with Crippen molar-refractivity contribution in [2.45, 2.75) is 25.6 Å². The summed E-state index contributed by atoms with van der Waals surface area (Å²) in [4.78, 5) is 12.8. The number of rotatable bonds is 4. The Labute approximate surface area is 135 Å². The molecule has 0 spiro atoms. The third-order valence-corrected chi connectivity index (χ3v) is 3.54. The zero-order valence-corrected chi connectivity index (χ0v) is 13.1. The molecular formula is C15H14ClF3N2O2. The van der Waals surface area contributed by atoms with Gasteiger partial charge in [0.15, 0.2) is 6.04 Å². The number of likely N-dealkylation sites (N-methyl/N-ethyl adjacent to an activating group) is 1. The summed E-state index contributed by atoms with van der Waals surface area (Å²) >= 11 is 5.70. The number of hydrogen-bond acceptors (Lipinski definition) is 3. The lowest BCUT2D eigenvalue weighted by atomic mass is 10.0. The van der Waals surface area contributed by atoms with Gasteiger partial charge in [-0.25, -0.2) is 0 Å². The van der Waals surface area contributed by atoms with Crippen LogP contribution in [0.15, 0.2) is 34.9 Å². The van der Waals surface area contributed by atoms with E-state index in [1.807, 2.05) is 0 Å². The van der Waals surface area contributed by atoms with Crippen LogP contribution >= 0.6 is 11.6 Å². The highest BCUT2D eigenvalue weighted by Gasteiger charge is 2.45. The minimum atomic E-state index is -4.61. The van der Waals surface area contributed by atoms with Gasteiger partial charge in [-0.15, -0.1) is 0 Å². The summed E-state index contributed by atoms with van der Waals surface area (Å²) in [7, 11) is 1.11. The number of carbonyl (C=O) groups is 1. The highest BCUT2D eigenvalue weighted by molar-refractivity contribution is 6.30.